The van der Waals surface area contributed by atoms with Crippen molar-refractivity contribution in [2.75, 3.05) is 13.2 Å². The van der Waals surface area contributed by atoms with Gasteiger partial charge in [-0.3, -0.25) is 0 Å². The molecule has 0 aromatic heterocycles. The van der Waals surface area contributed by atoms with Gasteiger partial charge in [0, 0.05) is 5.92 Å². The van der Waals surface area contributed by atoms with Crippen LogP contribution in [0.1, 0.15) is 11.5 Å². The maximum atomic E-state index is 12.5. The number of hydrogen-bond donors (Lipinski definition) is 2. The van der Waals surface area contributed by atoms with E-state index in [1.807, 2.05) is 0 Å². The molecule has 1 rings (SSSR count). The summed E-state index contributed by atoms with van der Waals surface area (Å²) >= 11 is 0. The largest absolute Gasteiger partial charge is 0.396 e. The molecule has 3 N–H and O–H groups in total. The second-order valence-electron chi connectivity index (χ2n) is 2.76. The van der Waals surface area contributed by atoms with Gasteiger partial charge in [-0.05, 0) is 17.7 Å². The van der Waals surface area contributed by atoms with Crippen molar-refractivity contribution in [3.8, 4) is 0 Å². The molecule has 72 valence electrons. The molecule has 13 heavy (non-hydrogen) atoms. The maximum Gasteiger partial charge on any atom is 0.123 e. The van der Waals surface area contributed by atoms with E-state index < -0.39 is 0 Å². The van der Waals surface area contributed by atoms with Crippen molar-refractivity contribution in [3.05, 3.63) is 35.6 Å². The molecule has 0 heterocycles. The maximum absolute atomic E-state index is 12.5. The van der Waals surface area contributed by atoms with Crippen LogP contribution in [0.4, 0.5) is 4.39 Å². The zero-order valence-corrected chi connectivity index (χ0v) is 7.11. The summed E-state index contributed by atoms with van der Waals surface area (Å²) in [5.74, 6) is 4.40. The fourth-order valence-electron chi connectivity index (χ4n) is 1.11. The molecule has 0 bridgehead atoms. The Morgan fingerprint density at radius 2 is 2.00 bits per heavy atom. The van der Waals surface area contributed by atoms with Crippen molar-refractivity contribution in [1.29, 1.82) is 0 Å². The molecular weight excluding hydrogens is 173 g/mol. The van der Waals surface area contributed by atoms with Gasteiger partial charge in [-0.25, -0.2) is 10.3 Å². The van der Waals surface area contributed by atoms with E-state index in [0.29, 0.717) is 0 Å². The van der Waals surface area contributed by atoms with Crippen LogP contribution < -0.4 is 5.90 Å². The molecular formula is C9H12FNO2. The molecule has 1 unspecified atom stereocenters. The van der Waals surface area contributed by atoms with Gasteiger partial charge in [0.2, 0.25) is 0 Å². The molecule has 0 saturated heterocycles. The zero-order chi connectivity index (χ0) is 9.68. The Morgan fingerprint density at radius 1 is 1.38 bits per heavy atom. The summed E-state index contributed by atoms with van der Waals surface area (Å²) in [6.07, 6.45) is 0. The molecule has 1 atom stereocenters. The van der Waals surface area contributed by atoms with E-state index in [1.54, 1.807) is 12.1 Å². The van der Waals surface area contributed by atoms with Crippen molar-refractivity contribution >= 4 is 0 Å². The van der Waals surface area contributed by atoms with Gasteiger partial charge in [0.05, 0.1) is 13.2 Å². The van der Waals surface area contributed by atoms with E-state index in [0.717, 1.165) is 5.56 Å². The van der Waals surface area contributed by atoms with Gasteiger partial charge in [-0.2, -0.15) is 0 Å². The highest BCUT2D eigenvalue weighted by Gasteiger charge is 2.09. The van der Waals surface area contributed by atoms with Crippen molar-refractivity contribution in [2.24, 2.45) is 5.90 Å². The molecule has 0 spiro atoms. The van der Waals surface area contributed by atoms with Gasteiger partial charge in [0.1, 0.15) is 5.82 Å². The molecule has 0 saturated carbocycles. The topological polar surface area (TPSA) is 55.5 Å². The van der Waals surface area contributed by atoms with Crippen LogP contribution >= 0.6 is 0 Å². The van der Waals surface area contributed by atoms with E-state index in [2.05, 4.69) is 4.84 Å². The van der Waals surface area contributed by atoms with Gasteiger partial charge in [-0.1, -0.05) is 12.1 Å². The second kappa shape index (κ2) is 4.91. The Balaban J connectivity index is 2.73. The van der Waals surface area contributed by atoms with Crippen LogP contribution in [-0.4, -0.2) is 18.3 Å². The normalized spacial score (nSPS) is 12.8. The van der Waals surface area contributed by atoms with Crippen LogP contribution in [0.3, 0.4) is 0 Å². The van der Waals surface area contributed by atoms with Gasteiger partial charge in [0.15, 0.2) is 0 Å². The second-order valence-corrected chi connectivity index (χ2v) is 2.76. The van der Waals surface area contributed by atoms with Crippen LogP contribution in [0.2, 0.25) is 0 Å². The minimum atomic E-state index is -0.297. The molecule has 4 heteroatoms. The molecule has 3 nitrogen and oxygen atoms in total. The van der Waals surface area contributed by atoms with Crippen molar-refractivity contribution in [1.82, 2.24) is 0 Å². The summed E-state index contributed by atoms with van der Waals surface area (Å²) in [4.78, 5) is 4.43. The van der Waals surface area contributed by atoms with E-state index in [-0.39, 0.29) is 24.9 Å². The number of aliphatic hydroxyl groups is 1. The Bertz CT molecular complexity index is 250. The van der Waals surface area contributed by atoms with E-state index >= 15 is 0 Å². The first-order chi connectivity index (χ1) is 6.27. The molecule has 0 aliphatic rings. The molecule has 0 amide bonds. The third-order valence-electron chi connectivity index (χ3n) is 1.86. The third-order valence-corrected chi connectivity index (χ3v) is 1.86. The van der Waals surface area contributed by atoms with E-state index in [9.17, 15) is 4.39 Å². The lowest BCUT2D eigenvalue weighted by Crippen LogP contribution is -2.14. The molecule has 0 radical (unpaired) electrons. The van der Waals surface area contributed by atoms with Crippen LogP contribution in [0.5, 0.6) is 0 Å². The number of hydrogen-bond acceptors (Lipinski definition) is 3. The van der Waals surface area contributed by atoms with Crippen LogP contribution in [0.25, 0.3) is 0 Å². The highest BCUT2D eigenvalue weighted by molar-refractivity contribution is 5.20. The monoisotopic (exact) mass is 185 g/mol. The van der Waals surface area contributed by atoms with Crippen LogP contribution in [-0.2, 0) is 4.84 Å². The quantitative estimate of drug-likeness (QED) is 0.682. The summed E-state index contributed by atoms with van der Waals surface area (Å²) in [5, 5.41) is 8.95. The predicted molar refractivity (Wildman–Crippen MR) is 46.4 cm³/mol. The fraction of sp³-hybridized carbons (Fsp3) is 0.333. The minimum absolute atomic E-state index is 0.0666. The molecule has 0 fully saturated rings. The fourth-order valence-corrected chi connectivity index (χ4v) is 1.11. The highest BCUT2D eigenvalue weighted by atomic mass is 19.1. The SMILES string of the molecule is NOCC(CO)c1ccc(F)cc1. The van der Waals surface area contributed by atoms with E-state index in [1.165, 1.54) is 12.1 Å². The molecule has 0 aliphatic heterocycles. The summed E-state index contributed by atoms with van der Waals surface area (Å²) in [5.41, 5.74) is 0.814. The van der Waals surface area contributed by atoms with Crippen LogP contribution in [0.15, 0.2) is 24.3 Å². The van der Waals surface area contributed by atoms with Gasteiger partial charge in [-0.15, -0.1) is 0 Å². The first-order valence-electron chi connectivity index (χ1n) is 3.96. The average molecular weight is 185 g/mol. The summed E-state index contributed by atoms with van der Waals surface area (Å²) in [7, 11) is 0. The average Bonchev–Trinajstić information content (AvgIpc) is 2.16. The summed E-state index contributed by atoms with van der Waals surface area (Å²) in [6, 6.07) is 5.90. The predicted octanol–water partition coefficient (Wildman–Crippen LogP) is 0.792. The standard InChI is InChI=1S/C9H12FNO2/c10-9-3-1-7(2-4-9)8(5-12)6-13-11/h1-4,8,12H,5-6,11H2. The van der Waals surface area contributed by atoms with Gasteiger partial charge >= 0.3 is 0 Å². The molecule has 1 aromatic rings. The Hall–Kier alpha value is -0.970. The number of benzene rings is 1. The number of aliphatic hydroxyl groups excluding tert-OH is 1. The Labute approximate surface area is 75.9 Å². The van der Waals surface area contributed by atoms with Crippen molar-refractivity contribution < 1.29 is 14.3 Å². The number of nitrogens with two attached hydrogens (primary N) is 1. The lowest BCUT2D eigenvalue weighted by atomic mass is 10.0. The van der Waals surface area contributed by atoms with Gasteiger partial charge in [0.25, 0.3) is 0 Å². The van der Waals surface area contributed by atoms with Crippen molar-refractivity contribution in [3.63, 3.8) is 0 Å². The van der Waals surface area contributed by atoms with E-state index in [4.69, 9.17) is 11.0 Å². The van der Waals surface area contributed by atoms with Crippen molar-refractivity contribution in [2.45, 2.75) is 5.92 Å². The number of halogens is 1. The first kappa shape index (κ1) is 10.1. The zero-order valence-electron chi connectivity index (χ0n) is 7.11. The Morgan fingerprint density at radius 3 is 2.46 bits per heavy atom. The Kier molecular flexibility index (Phi) is 3.82. The summed E-state index contributed by atoms with van der Waals surface area (Å²) in [6.45, 7) is 0.158. The van der Waals surface area contributed by atoms with Crippen LogP contribution in [0, 0.1) is 5.82 Å². The molecule has 0 aliphatic carbocycles. The number of rotatable bonds is 4. The third kappa shape index (κ3) is 2.77. The lowest BCUT2D eigenvalue weighted by Gasteiger charge is -2.12. The molecule has 1 aromatic carbocycles. The summed E-state index contributed by atoms with van der Waals surface area (Å²) < 4.78 is 12.5. The highest BCUT2D eigenvalue weighted by Crippen LogP contribution is 2.15. The minimum Gasteiger partial charge on any atom is -0.396 e. The smallest absolute Gasteiger partial charge is 0.123 e. The lowest BCUT2D eigenvalue weighted by molar-refractivity contribution is 0.101. The first-order valence-corrected chi connectivity index (χ1v) is 3.96. The van der Waals surface area contributed by atoms with Gasteiger partial charge < -0.3 is 9.94 Å².